The molecule has 4 N–H and O–H groups in total. The first-order valence-corrected chi connectivity index (χ1v) is 14.0. The van der Waals surface area contributed by atoms with E-state index < -0.39 is 39.2 Å². The number of nitriles is 1. The van der Waals surface area contributed by atoms with Gasteiger partial charge in [0.2, 0.25) is 10.0 Å². The maximum absolute atomic E-state index is 13.8. The molecule has 10 heteroatoms. The minimum Gasteiger partial charge on any atom is -0.465 e. The summed E-state index contributed by atoms with van der Waals surface area (Å²) in [5, 5.41) is 30.8. The standard InChI is InChI=1S/C28H40N4O5S/c1-27(2,3)32(26(34)35)24(17-21-11-7-6-8-12-21)25(33)19-31(20-28(4,5)15-10-16-29)38(36,37)23-14-9-13-22(30)18-23/h6-9,11-14,18,24-25,33H,10,15,17,19-20,30H2,1-5H3,(H,34,35)/t24-,25+/m0/s1. The number of benzene rings is 2. The van der Waals surface area contributed by atoms with E-state index in [0.29, 0.717) is 6.42 Å². The molecule has 2 atom stereocenters. The molecule has 208 valence electrons. The molecule has 0 aliphatic carbocycles. The van der Waals surface area contributed by atoms with Gasteiger partial charge in [-0.05, 0) is 62.8 Å². The molecule has 0 saturated heterocycles. The number of amides is 1. The average Bonchev–Trinajstić information content (AvgIpc) is 2.81. The number of rotatable bonds is 12. The summed E-state index contributed by atoms with van der Waals surface area (Å²) in [6, 6.07) is 16.3. The molecule has 0 bridgehead atoms. The zero-order chi connectivity index (χ0) is 28.7. The first-order valence-electron chi connectivity index (χ1n) is 12.6. The Morgan fingerprint density at radius 3 is 2.24 bits per heavy atom. The van der Waals surface area contributed by atoms with Crippen molar-refractivity contribution in [3.05, 3.63) is 60.2 Å². The molecular weight excluding hydrogens is 504 g/mol. The van der Waals surface area contributed by atoms with E-state index in [0.717, 1.165) is 5.56 Å². The lowest BCUT2D eigenvalue weighted by Gasteiger charge is -2.43. The maximum atomic E-state index is 13.8. The molecule has 0 heterocycles. The Morgan fingerprint density at radius 2 is 1.71 bits per heavy atom. The third kappa shape index (κ3) is 8.45. The summed E-state index contributed by atoms with van der Waals surface area (Å²) in [5.41, 5.74) is 5.50. The summed E-state index contributed by atoms with van der Waals surface area (Å²) in [6.07, 6.45) is -1.69. The van der Waals surface area contributed by atoms with Crippen LogP contribution in [0.2, 0.25) is 0 Å². The number of carbonyl (C=O) groups is 1. The highest BCUT2D eigenvalue weighted by molar-refractivity contribution is 7.89. The second-order valence-electron chi connectivity index (χ2n) is 11.3. The quantitative estimate of drug-likeness (QED) is 0.337. The lowest BCUT2D eigenvalue weighted by molar-refractivity contribution is -0.00107. The van der Waals surface area contributed by atoms with Gasteiger partial charge in [0.25, 0.3) is 0 Å². The van der Waals surface area contributed by atoms with E-state index in [4.69, 9.17) is 11.0 Å². The van der Waals surface area contributed by atoms with Crippen molar-refractivity contribution < 1.29 is 23.4 Å². The largest absolute Gasteiger partial charge is 0.465 e. The van der Waals surface area contributed by atoms with Crippen LogP contribution in [-0.2, 0) is 16.4 Å². The van der Waals surface area contributed by atoms with Crippen LogP contribution in [0.4, 0.5) is 10.5 Å². The monoisotopic (exact) mass is 544 g/mol. The Morgan fingerprint density at radius 1 is 1.08 bits per heavy atom. The van der Waals surface area contributed by atoms with Crippen LogP contribution in [-0.4, -0.2) is 64.7 Å². The molecule has 1 amide bonds. The van der Waals surface area contributed by atoms with Gasteiger partial charge in [0.15, 0.2) is 0 Å². The number of anilines is 1. The number of hydrogen-bond acceptors (Lipinski definition) is 6. The third-order valence-electron chi connectivity index (χ3n) is 6.40. The molecule has 0 aliphatic heterocycles. The lowest BCUT2D eigenvalue weighted by Crippen LogP contribution is -2.59. The van der Waals surface area contributed by atoms with E-state index in [9.17, 15) is 23.4 Å². The normalized spacial score (nSPS) is 14.1. The van der Waals surface area contributed by atoms with Crippen LogP contribution in [0.25, 0.3) is 0 Å². The van der Waals surface area contributed by atoms with E-state index >= 15 is 0 Å². The number of aliphatic hydroxyl groups is 1. The van der Waals surface area contributed by atoms with Gasteiger partial charge in [-0.3, -0.25) is 4.90 Å². The fourth-order valence-corrected chi connectivity index (χ4v) is 6.24. The maximum Gasteiger partial charge on any atom is 0.408 e. The zero-order valence-electron chi connectivity index (χ0n) is 22.8. The van der Waals surface area contributed by atoms with Crippen LogP contribution in [0.5, 0.6) is 0 Å². The van der Waals surface area contributed by atoms with E-state index in [1.807, 2.05) is 44.2 Å². The number of nitrogens with zero attached hydrogens (tertiary/aromatic N) is 3. The van der Waals surface area contributed by atoms with E-state index in [1.165, 1.54) is 21.3 Å². The van der Waals surface area contributed by atoms with Crippen molar-refractivity contribution in [2.24, 2.45) is 5.41 Å². The van der Waals surface area contributed by atoms with Crippen molar-refractivity contribution in [3.63, 3.8) is 0 Å². The molecule has 0 aromatic heterocycles. The number of sulfonamides is 1. The van der Waals surface area contributed by atoms with Crippen molar-refractivity contribution in [3.8, 4) is 6.07 Å². The predicted octanol–water partition coefficient (Wildman–Crippen LogP) is 4.34. The Labute approximate surface area is 226 Å². The topological polar surface area (TPSA) is 148 Å². The molecule has 2 rings (SSSR count). The van der Waals surface area contributed by atoms with Gasteiger partial charge in [-0.25, -0.2) is 13.2 Å². The van der Waals surface area contributed by atoms with Gasteiger partial charge in [0.05, 0.1) is 23.1 Å². The zero-order valence-corrected chi connectivity index (χ0v) is 23.6. The van der Waals surface area contributed by atoms with E-state index in [1.54, 1.807) is 32.9 Å². The van der Waals surface area contributed by atoms with Crippen LogP contribution < -0.4 is 5.73 Å². The number of nitrogen functional groups attached to an aromatic ring is 1. The third-order valence-corrected chi connectivity index (χ3v) is 8.20. The minimum atomic E-state index is -4.12. The first kappa shape index (κ1) is 31.1. The number of nitrogens with two attached hydrogens (primary N) is 1. The van der Waals surface area contributed by atoms with Crippen LogP contribution in [0.15, 0.2) is 59.5 Å². The van der Waals surface area contributed by atoms with Crippen LogP contribution in [0.3, 0.4) is 0 Å². The Bertz CT molecular complexity index is 1220. The molecule has 2 aromatic carbocycles. The molecule has 0 saturated carbocycles. The summed E-state index contributed by atoms with van der Waals surface area (Å²) >= 11 is 0. The van der Waals surface area contributed by atoms with Crippen molar-refractivity contribution in [2.75, 3.05) is 18.8 Å². The number of aliphatic hydroxyl groups excluding tert-OH is 1. The average molecular weight is 545 g/mol. The fourth-order valence-electron chi connectivity index (χ4n) is 4.53. The summed E-state index contributed by atoms with van der Waals surface area (Å²) in [5.74, 6) is 0. The Hall–Kier alpha value is -3.13. The number of carboxylic acid groups (broad SMARTS) is 1. The van der Waals surface area contributed by atoms with Gasteiger partial charge in [-0.15, -0.1) is 0 Å². The minimum absolute atomic E-state index is 0.0174. The first-order chi connectivity index (χ1) is 17.6. The SMILES string of the molecule is CC(C)(CCC#N)CN(C[C@@H](O)[C@H](Cc1ccccc1)N(C(=O)O)C(C)(C)C)S(=O)(=O)c1cccc(N)c1. The highest BCUT2D eigenvalue weighted by Crippen LogP contribution is 2.30. The molecule has 9 nitrogen and oxygen atoms in total. The fraction of sp³-hybridized carbons (Fsp3) is 0.500. The second-order valence-corrected chi connectivity index (χ2v) is 13.3. The van der Waals surface area contributed by atoms with Crippen molar-refractivity contribution in [2.45, 2.75) is 76.5 Å². The van der Waals surface area contributed by atoms with Crippen LogP contribution >= 0.6 is 0 Å². The van der Waals surface area contributed by atoms with Gasteiger partial charge in [0.1, 0.15) is 0 Å². The molecule has 0 radical (unpaired) electrons. The predicted molar refractivity (Wildman–Crippen MR) is 148 cm³/mol. The highest BCUT2D eigenvalue weighted by atomic mass is 32.2. The van der Waals surface area contributed by atoms with Gasteiger partial charge in [-0.1, -0.05) is 50.2 Å². The van der Waals surface area contributed by atoms with Gasteiger partial charge in [-0.2, -0.15) is 9.57 Å². The molecule has 0 aliphatic rings. The summed E-state index contributed by atoms with van der Waals surface area (Å²) in [4.78, 5) is 13.6. The van der Waals surface area contributed by atoms with Crippen molar-refractivity contribution >= 4 is 21.8 Å². The van der Waals surface area contributed by atoms with Gasteiger partial charge in [0, 0.05) is 30.7 Å². The van der Waals surface area contributed by atoms with E-state index in [2.05, 4.69) is 6.07 Å². The van der Waals surface area contributed by atoms with Crippen molar-refractivity contribution in [1.82, 2.24) is 9.21 Å². The molecule has 2 aromatic rings. The second kappa shape index (κ2) is 12.6. The molecule has 38 heavy (non-hydrogen) atoms. The smallest absolute Gasteiger partial charge is 0.408 e. The van der Waals surface area contributed by atoms with Crippen LogP contribution in [0, 0.1) is 16.7 Å². The molecular formula is C28H40N4O5S. The molecule has 0 spiro atoms. The Kier molecular flexibility index (Phi) is 10.3. The summed E-state index contributed by atoms with van der Waals surface area (Å²) in [7, 11) is -4.12. The van der Waals surface area contributed by atoms with Gasteiger partial charge >= 0.3 is 6.09 Å². The Balaban J connectivity index is 2.55. The van der Waals surface area contributed by atoms with Crippen LogP contribution in [0.1, 0.15) is 53.0 Å². The molecule has 0 unspecified atom stereocenters. The number of hydrogen-bond donors (Lipinski definition) is 3. The van der Waals surface area contributed by atoms with Gasteiger partial charge < -0.3 is 15.9 Å². The van der Waals surface area contributed by atoms with Crippen molar-refractivity contribution in [1.29, 1.82) is 5.26 Å². The summed E-state index contributed by atoms with van der Waals surface area (Å²) < 4.78 is 28.8. The lowest BCUT2D eigenvalue weighted by atomic mass is 9.87. The molecule has 0 fully saturated rings. The summed E-state index contributed by atoms with van der Waals surface area (Å²) in [6.45, 7) is 8.60. The van der Waals surface area contributed by atoms with E-state index in [-0.39, 0.29) is 36.5 Å². The highest BCUT2D eigenvalue weighted by Gasteiger charge is 2.40.